The maximum Gasteiger partial charge on any atom is 0.216 e. The third kappa shape index (κ3) is 3.92. The molecule has 0 amide bonds. The average molecular weight is 281 g/mol. The minimum atomic E-state index is -3.54. The normalized spacial score (nSPS) is 13.3. The molecule has 0 aliphatic rings. The van der Waals surface area contributed by atoms with Crippen molar-refractivity contribution in [3.05, 3.63) is 60.1 Å². The van der Waals surface area contributed by atoms with Gasteiger partial charge in [-0.25, -0.2) is 13.1 Å². The van der Waals surface area contributed by atoms with Crippen molar-refractivity contribution < 1.29 is 17.9 Å². The van der Waals surface area contributed by atoms with Gasteiger partial charge in [-0.3, -0.25) is 0 Å². The number of sulfonamides is 1. The molecule has 1 heterocycles. The monoisotopic (exact) mass is 281 g/mol. The molecule has 102 valence electrons. The quantitative estimate of drug-likeness (QED) is 0.839. The summed E-state index contributed by atoms with van der Waals surface area (Å²) in [5.74, 6) is 0.254. The maximum absolute atomic E-state index is 12.0. The van der Waals surface area contributed by atoms with Crippen LogP contribution in [0.2, 0.25) is 0 Å². The summed E-state index contributed by atoms with van der Waals surface area (Å²) in [6.45, 7) is -0.360. The van der Waals surface area contributed by atoms with Crippen LogP contribution < -0.4 is 4.72 Å². The number of benzene rings is 1. The van der Waals surface area contributed by atoms with Crippen molar-refractivity contribution in [3.8, 4) is 0 Å². The number of rotatable bonds is 6. The van der Waals surface area contributed by atoms with Crippen LogP contribution in [0.15, 0.2) is 53.1 Å². The summed E-state index contributed by atoms with van der Waals surface area (Å²) in [6.07, 6.45) is 1.43. The van der Waals surface area contributed by atoms with Crippen molar-refractivity contribution in [2.24, 2.45) is 0 Å². The maximum atomic E-state index is 12.0. The van der Waals surface area contributed by atoms with Crippen LogP contribution >= 0.6 is 0 Å². The van der Waals surface area contributed by atoms with Crippen LogP contribution in [-0.2, 0) is 15.8 Å². The molecule has 1 unspecified atom stereocenters. The van der Waals surface area contributed by atoms with Crippen molar-refractivity contribution in [2.75, 3.05) is 6.61 Å². The Bertz CT molecular complexity index is 593. The number of nitrogens with one attached hydrogen (secondary N) is 1. The van der Waals surface area contributed by atoms with Gasteiger partial charge >= 0.3 is 0 Å². The van der Waals surface area contributed by atoms with Gasteiger partial charge in [-0.05, 0) is 17.7 Å². The first kappa shape index (κ1) is 13.8. The number of aliphatic hydroxyl groups excluding tert-OH is 1. The van der Waals surface area contributed by atoms with Crippen molar-refractivity contribution >= 4 is 10.0 Å². The lowest BCUT2D eigenvalue weighted by molar-refractivity contribution is 0.242. The minimum Gasteiger partial charge on any atom is -0.468 e. The van der Waals surface area contributed by atoms with Gasteiger partial charge in [0.05, 0.1) is 18.6 Å². The van der Waals surface area contributed by atoms with Crippen molar-refractivity contribution in [3.63, 3.8) is 0 Å². The van der Waals surface area contributed by atoms with Crippen LogP contribution in [-0.4, -0.2) is 20.1 Å². The second-order valence-corrected chi connectivity index (χ2v) is 5.87. The Kier molecular flexibility index (Phi) is 4.36. The molecule has 2 N–H and O–H groups in total. The third-order valence-corrected chi connectivity index (χ3v) is 3.95. The summed E-state index contributed by atoms with van der Waals surface area (Å²) < 4.78 is 31.5. The van der Waals surface area contributed by atoms with E-state index in [1.165, 1.54) is 6.26 Å². The third-order valence-electron chi connectivity index (χ3n) is 2.59. The van der Waals surface area contributed by atoms with Crippen molar-refractivity contribution in [2.45, 2.75) is 11.8 Å². The van der Waals surface area contributed by atoms with E-state index in [2.05, 4.69) is 4.72 Å². The molecule has 5 nitrogen and oxygen atoms in total. The molecule has 0 fully saturated rings. The van der Waals surface area contributed by atoms with Gasteiger partial charge in [-0.15, -0.1) is 0 Å². The van der Waals surface area contributed by atoms with Crippen LogP contribution in [0.5, 0.6) is 0 Å². The molecule has 6 heteroatoms. The number of hydrogen-bond acceptors (Lipinski definition) is 4. The van der Waals surface area contributed by atoms with E-state index in [0.29, 0.717) is 11.3 Å². The van der Waals surface area contributed by atoms with E-state index >= 15 is 0 Å². The lowest BCUT2D eigenvalue weighted by Gasteiger charge is -2.14. The fourth-order valence-corrected chi connectivity index (χ4v) is 3.07. The van der Waals surface area contributed by atoms with Crippen LogP contribution in [0.1, 0.15) is 17.4 Å². The highest BCUT2D eigenvalue weighted by atomic mass is 32.2. The predicted octanol–water partition coefficient (Wildman–Crippen LogP) is 1.43. The van der Waals surface area contributed by atoms with Gasteiger partial charge in [0.2, 0.25) is 10.0 Å². The summed E-state index contributed by atoms with van der Waals surface area (Å²) in [7, 11) is -3.54. The number of hydrogen-bond donors (Lipinski definition) is 2. The van der Waals surface area contributed by atoms with Gasteiger partial charge in [0, 0.05) is 0 Å². The van der Waals surface area contributed by atoms with Crippen molar-refractivity contribution in [1.82, 2.24) is 4.72 Å². The fourth-order valence-electron chi connectivity index (χ4n) is 1.73. The average Bonchev–Trinajstić information content (AvgIpc) is 2.90. The summed E-state index contributed by atoms with van der Waals surface area (Å²) >= 11 is 0. The van der Waals surface area contributed by atoms with Crippen LogP contribution in [0.4, 0.5) is 0 Å². The zero-order valence-electron chi connectivity index (χ0n) is 10.2. The van der Waals surface area contributed by atoms with Gasteiger partial charge in [0.25, 0.3) is 0 Å². The van der Waals surface area contributed by atoms with Gasteiger partial charge < -0.3 is 9.52 Å². The number of furan rings is 1. The Balaban J connectivity index is 2.08. The first-order chi connectivity index (χ1) is 9.11. The van der Waals surface area contributed by atoms with Crippen LogP contribution in [0.25, 0.3) is 0 Å². The molecule has 1 atom stereocenters. The SMILES string of the molecule is O=S(=O)(Cc1ccccc1)NC(CO)c1ccco1. The predicted molar refractivity (Wildman–Crippen MR) is 70.7 cm³/mol. The van der Waals surface area contributed by atoms with Gasteiger partial charge in [0.15, 0.2) is 0 Å². The standard InChI is InChI=1S/C13H15NO4S/c15-9-12(13-7-4-8-18-13)14-19(16,17)10-11-5-2-1-3-6-11/h1-8,12,14-15H,9-10H2. The van der Waals surface area contributed by atoms with Gasteiger partial charge in [-0.1, -0.05) is 30.3 Å². The molecular weight excluding hydrogens is 266 g/mol. The molecular formula is C13H15NO4S. The Hall–Kier alpha value is -1.63. The van der Waals surface area contributed by atoms with E-state index in [-0.39, 0.29) is 12.4 Å². The second-order valence-electron chi connectivity index (χ2n) is 4.11. The van der Waals surface area contributed by atoms with Crippen LogP contribution in [0, 0.1) is 0 Å². The van der Waals surface area contributed by atoms with E-state index < -0.39 is 16.1 Å². The highest BCUT2D eigenvalue weighted by Gasteiger charge is 2.21. The summed E-state index contributed by atoms with van der Waals surface area (Å²) in [4.78, 5) is 0. The Morgan fingerprint density at radius 3 is 2.47 bits per heavy atom. The summed E-state index contributed by atoms with van der Waals surface area (Å²) in [6, 6.07) is 11.4. The molecule has 0 aliphatic heterocycles. The van der Waals surface area contributed by atoms with E-state index in [1.807, 2.05) is 6.07 Å². The molecule has 0 saturated heterocycles. The van der Waals surface area contributed by atoms with E-state index in [1.54, 1.807) is 36.4 Å². The molecule has 0 radical (unpaired) electrons. The largest absolute Gasteiger partial charge is 0.468 e. The first-order valence-corrected chi connectivity index (χ1v) is 7.44. The smallest absolute Gasteiger partial charge is 0.216 e. The molecule has 0 bridgehead atoms. The molecule has 0 aliphatic carbocycles. The molecule has 1 aromatic heterocycles. The van der Waals surface area contributed by atoms with E-state index in [0.717, 1.165) is 0 Å². The van der Waals surface area contributed by atoms with Gasteiger partial charge in [-0.2, -0.15) is 0 Å². The zero-order valence-corrected chi connectivity index (χ0v) is 11.0. The second kappa shape index (κ2) is 6.01. The van der Waals surface area contributed by atoms with Gasteiger partial charge in [0.1, 0.15) is 11.8 Å². The Morgan fingerprint density at radius 1 is 1.16 bits per heavy atom. The van der Waals surface area contributed by atoms with Crippen molar-refractivity contribution in [1.29, 1.82) is 0 Å². The molecule has 0 saturated carbocycles. The highest BCUT2D eigenvalue weighted by Crippen LogP contribution is 2.15. The molecule has 2 rings (SSSR count). The lowest BCUT2D eigenvalue weighted by Crippen LogP contribution is -2.31. The highest BCUT2D eigenvalue weighted by molar-refractivity contribution is 7.88. The first-order valence-electron chi connectivity index (χ1n) is 5.79. The summed E-state index contributed by atoms with van der Waals surface area (Å²) in [5, 5.41) is 9.24. The molecule has 19 heavy (non-hydrogen) atoms. The van der Waals surface area contributed by atoms with E-state index in [4.69, 9.17) is 4.42 Å². The minimum absolute atomic E-state index is 0.134. The zero-order chi connectivity index (χ0) is 13.7. The summed E-state index contributed by atoms with van der Waals surface area (Å²) in [5.41, 5.74) is 0.686. The molecule has 1 aromatic carbocycles. The molecule has 0 spiro atoms. The molecule has 2 aromatic rings. The number of aliphatic hydroxyl groups is 1. The van der Waals surface area contributed by atoms with Crippen LogP contribution in [0.3, 0.4) is 0 Å². The lowest BCUT2D eigenvalue weighted by atomic mass is 10.2. The topological polar surface area (TPSA) is 79.5 Å². The Morgan fingerprint density at radius 2 is 1.89 bits per heavy atom. The Labute approximate surface area is 111 Å². The fraction of sp³-hybridized carbons (Fsp3) is 0.231. The van der Waals surface area contributed by atoms with E-state index in [9.17, 15) is 13.5 Å².